The van der Waals surface area contributed by atoms with Crippen LogP contribution in [0.2, 0.25) is 0 Å². The highest BCUT2D eigenvalue weighted by Gasteiger charge is 2.41. The fourth-order valence-corrected chi connectivity index (χ4v) is 5.34. The molecule has 0 aromatic rings. The van der Waals surface area contributed by atoms with Crippen molar-refractivity contribution >= 4 is 11.8 Å². The minimum absolute atomic E-state index is 0.0633. The van der Waals surface area contributed by atoms with Gasteiger partial charge in [-0.2, -0.15) is 0 Å². The van der Waals surface area contributed by atoms with Crippen molar-refractivity contribution in [2.75, 3.05) is 33.4 Å². The predicted molar refractivity (Wildman–Crippen MR) is 115 cm³/mol. The van der Waals surface area contributed by atoms with Crippen molar-refractivity contribution in [2.45, 2.75) is 75.4 Å². The van der Waals surface area contributed by atoms with Gasteiger partial charge in [-0.1, -0.05) is 0 Å². The lowest BCUT2D eigenvalue weighted by Gasteiger charge is -2.39. The summed E-state index contributed by atoms with van der Waals surface area (Å²) in [6.07, 6.45) is 3.18. The number of hydrogen-bond donors (Lipinski definition) is 3. The summed E-state index contributed by atoms with van der Waals surface area (Å²) in [6, 6.07) is -0.130. The zero-order chi connectivity index (χ0) is 22.7. The van der Waals surface area contributed by atoms with E-state index in [1.54, 1.807) is 12.1 Å². The fourth-order valence-electron chi connectivity index (χ4n) is 5.34. The Kier molecular flexibility index (Phi) is 7.63. The maximum atomic E-state index is 14.2. The van der Waals surface area contributed by atoms with E-state index in [0.29, 0.717) is 18.2 Å². The number of likely N-dealkylation sites (N-methyl/N-ethyl adjacent to an activating group) is 1. The maximum Gasteiger partial charge on any atom is 0.245 e. The molecule has 0 bridgehead atoms. The monoisotopic (exact) mass is 455 g/mol. The van der Waals surface area contributed by atoms with Gasteiger partial charge in [-0.25, -0.2) is 13.8 Å². The van der Waals surface area contributed by atoms with Gasteiger partial charge in [0, 0.05) is 51.6 Å². The zero-order valence-electron chi connectivity index (χ0n) is 18.7. The highest BCUT2D eigenvalue weighted by Crippen LogP contribution is 2.30. The van der Waals surface area contributed by atoms with E-state index in [1.165, 1.54) is 6.20 Å². The van der Waals surface area contributed by atoms with Gasteiger partial charge in [-0.15, -0.1) is 0 Å². The molecule has 4 aliphatic rings. The van der Waals surface area contributed by atoms with Crippen molar-refractivity contribution in [1.82, 2.24) is 26.0 Å². The van der Waals surface area contributed by atoms with E-state index >= 15 is 0 Å². The Balaban J connectivity index is 1.29. The third-order valence-electron chi connectivity index (χ3n) is 7.25. The van der Waals surface area contributed by atoms with E-state index in [4.69, 9.17) is 4.74 Å². The van der Waals surface area contributed by atoms with E-state index < -0.39 is 30.2 Å². The Hall–Kier alpha value is -1.78. The highest BCUT2D eigenvalue weighted by atomic mass is 19.1. The van der Waals surface area contributed by atoms with Crippen LogP contribution in [0.4, 0.5) is 8.78 Å². The molecule has 3 unspecified atom stereocenters. The summed E-state index contributed by atoms with van der Waals surface area (Å²) in [4.78, 5) is 28.1. The van der Waals surface area contributed by atoms with Crippen LogP contribution >= 0.6 is 0 Å². The van der Waals surface area contributed by atoms with Gasteiger partial charge in [0.1, 0.15) is 24.3 Å². The Bertz CT molecular complexity index is 700. The van der Waals surface area contributed by atoms with Crippen molar-refractivity contribution in [3.63, 3.8) is 0 Å². The summed E-state index contributed by atoms with van der Waals surface area (Å²) in [5.74, 6) is -2.25. The van der Waals surface area contributed by atoms with Crippen molar-refractivity contribution in [1.29, 1.82) is 0 Å². The van der Waals surface area contributed by atoms with Crippen LogP contribution in [0.15, 0.2) is 11.9 Å². The second-order valence-corrected chi connectivity index (χ2v) is 9.38. The average Bonchev–Trinajstić information content (AvgIpc) is 3.14. The smallest absolute Gasteiger partial charge is 0.245 e. The first-order valence-electron chi connectivity index (χ1n) is 11.8. The minimum Gasteiger partial charge on any atom is -0.381 e. The molecule has 0 spiro atoms. The number of carbonyl (C=O) groups excluding carboxylic acids is 2. The number of hydrazine groups is 1. The molecule has 0 aromatic carbocycles. The van der Waals surface area contributed by atoms with Crippen LogP contribution in [0.3, 0.4) is 0 Å². The van der Waals surface area contributed by atoms with E-state index in [1.807, 2.05) is 0 Å². The molecule has 8 nitrogen and oxygen atoms in total. The Morgan fingerprint density at radius 2 is 1.69 bits per heavy atom. The SMILES string of the molecule is CN1NC=C(NC(=O)C2C(F)CCC[C@@H]2F)C1C(=O)NC1CCN(C2CCOCC2)CC1. The molecule has 32 heavy (non-hydrogen) atoms. The summed E-state index contributed by atoms with van der Waals surface area (Å²) in [5.41, 5.74) is 3.23. The zero-order valence-corrected chi connectivity index (χ0v) is 18.7. The van der Waals surface area contributed by atoms with Gasteiger partial charge in [0.2, 0.25) is 11.8 Å². The van der Waals surface area contributed by atoms with Gasteiger partial charge >= 0.3 is 0 Å². The lowest BCUT2D eigenvalue weighted by Crippen LogP contribution is -2.55. The third-order valence-corrected chi connectivity index (χ3v) is 7.25. The summed E-state index contributed by atoms with van der Waals surface area (Å²) in [7, 11) is 1.70. The number of nitrogens with one attached hydrogen (secondary N) is 3. The number of hydrogen-bond acceptors (Lipinski definition) is 6. The molecular weight excluding hydrogens is 420 g/mol. The van der Waals surface area contributed by atoms with Crippen LogP contribution in [0.25, 0.3) is 0 Å². The number of likely N-dealkylation sites (tertiary alicyclic amines) is 1. The number of piperidine rings is 1. The Morgan fingerprint density at radius 1 is 1.03 bits per heavy atom. The first-order chi connectivity index (χ1) is 15.4. The quantitative estimate of drug-likeness (QED) is 0.574. The molecule has 1 aliphatic carbocycles. The molecule has 180 valence electrons. The van der Waals surface area contributed by atoms with Crippen molar-refractivity contribution in [3.05, 3.63) is 11.9 Å². The lowest BCUT2D eigenvalue weighted by molar-refractivity contribution is -0.130. The van der Waals surface area contributed by atoms with Crippen molar-refractivity contribution in [2.24, 2.45) is 5.92 Å². The molecule has 4 rings (SSSR count). The molecule has 3 heterocycles. The van der Waals surface area contributed by atoms with Crippen LogP contribution in [0.1, 0.15) is 44.9 Å². The molecule has 1 saturated carbocycles. The van der Waals surface area contributed by atoms with E-state index in [0.717, 1.165) is 52.0 Å². The Labute approximate surface area is 188 Å². The van der Waals surface area contributed by atoms with Crippen LogP contribution in [0.5, 0.6) is 0 Å². The number of alkyl halides is 2. The molecular formula is C22H35F2N5O3. The number of nitrogens with zero attached hydrogens (tertiary/aromatic N) is 2. The molecule has 10 heteroatoms. The molecule has 0 radical (unpaired) electrons. The van der Waals surface area contributed by atoms with Crippen molar-refractivity contribution in [3.8, 4) is 0 Å². The molecule has 3 N–H and O–H groups in total. The first-order valence-corrected chi connectivity index (χ1v) is 11.8. The summed E-state index contributed by atoms with van der Waals surface area (Å²) < 4.78 is 33.8. The molecule has 3 aliphatic heterocycles. The van der Waals surface area contributed by atoms with Gasteiger partial charge in [0.25, 0.3) is 0 Å². The second kappa shape index (κ2) is 10.4. The molecule has 2 saturated heterocycles. The lowest BCUT2D eigenvalue weighted by atomic mass is 9.85. The van der Waals surface area contributed by atoms with Gasteiger partial charge < -0.3 is 25.7 Å². The van der Waals surface area contributed by atoms with E-state index in [2.05, 4.69) is 21.0 Å². The Morgan fingerprint density at radius 3 is 2.34 bits per heavy atom. The van der Waals surface area contributed by atoms with E-state index in [9.17, 15) is 18.4 Å². The molecule has 4 atom stereocenters. The number of carbonyl (C=O) groups is 2. The minimum atomic E-state index is -1.50. The van der Waals surface area contributed by atoms with Gasteiger partial charge in [-0.3, -0.25) is 9.59 Å². The number of amides is 2. The van der Waals surface area contributed by atoms with Crippen LogP contribution in [-0.4, -0.2) is 85.5 Å². The normalized spacial score (nSPS) is 33.4. The largest absolute Gasteiger partial charge is 0.381 e. The number of ether oxygens (including phenoxy) is 1. The second-order valence-electron chi connectivity index (χ2n) is 9.38. The molecule has 0 aromatic heterocycles. The van der Waals surface area contributed by atoms with Gasteiger partial charge in [-0.05, 0) is 44.9 Å². The van der Waals surface area contributed by atoms with Gasteiger partial charge in [0.15, 0.2) is 0 Å². The summed E-state index contributed by atoms with van der Waals surface area (Å²) in [6.45, 7) is 3.50. The predicted octanol–water partition coefficient (Wildman–Crippen LogP) is 0.999. The topological polar surface area (TPSA) is 85.9 Å². The van der Waals surface area contributed by atoms with Crippen LogP contribution in [0, 0.1) is 5.92 Å². The summed E-state index contributed by atoms with van der Waals surface area (Å²) >= 11 is 0. The first kappa shape index (κ1) is 23.4. The maximum absolute atomic E-state index is 14.2. The fraction of sp³-hybridized carbons (Fsp3) is 0.818. The van der Waals surface area contributed by atoms with Gasteiger partial charge in [0.05, 0.1) is 5.70 Å². The average molecular weight is 456 g/mol. The van der Waals surface area contributed by atoms with Crippen molar-refractivity contribution < 1.29 is 23.1 Å². The van der Waals surface area contributed by atoms with Crippen LogP contribution in [-0.2, 0) is 14.3 Å². The third kappa shape index (κ3) is 5.23. The van der Waals surface area contributed by atoms with Crippen LogP contribution < -0.4 is 16.1 Å². The number of rotatable bonds is 5. The highest BCUT2D eigenvalue weighted by molar-refractivity contribution is 5.89. The molecule has 2 amide bonds. The summed E-state index contributed by atoms with van der Waals surface area (Å²) in [5, 5.41) is 7.30. The standard InChI is InChI=1S/C22H35F2N5O3/c1-28-20(18(13-25-28)27-21(30)19-16(23)3-2-4-17(19)24)22(31)26-14-5-9-29(10-6-14)15-7-11-32-12-8-15/h13-17,19-20,25H,2-12H2,1H3,(H,26,31)(H,27,30)/t16-,17?,19?,20?/m0/s1. The number of halogens is 2. The molecule has 3 fully saturated rings. The van der Waals surface area contributed by atoms with E-state index in [-0.39, 0.29) is 24.8 Å².